The van der Waals surface area contributed by atoms with Crippen molar-refractivity contribution in [2.45, 2.75) is 51.4 Å². The molecule has 13 rings (SSSR count). The molecule has 0 fully saturated rings. The number of para-hydroxylation sites is 2. The summed E-state index contributed by atoms with van der Waals surface area (Å²) in [5, 5.41) is 0. The zero-order chi connectivity index (χ0) is 35.1. The van der Waals surface area contributed by atoms with Crippen LogP contribution in [0, 0.1) is 0 Å². The first kappa shape index (κ1) is 29.5. The van der Waals surface area contributed by atoms with E-state index in [0.717, 1.165) is 37.1 Å². The highest BCUT2D eigenvalue weighted by atomic mass is 15.2. The minimum atomic E-state index is 0.151. The summed E-state index contributed by atoms with van der Waals surface area (Å²) in [5.74, 6) is 0. The van der Waals surface area contributed by atoms with E-state index in [1.54, 1.807) is 0 Å². The van der Waals surface area contributed by atoms with Crippen LogP contribution in [0.5, 0.6) is 0 Å². The summed E-state index contributed by atoms with van der Waals surface area (Å²) < 4.78 is 0. The lowest BCUT2D eigenvalue weighted by atomic mass is 9.33. The number of rotatable bonds is 5. The molecule has 0 N–H and O–H groups in total. The fraction of sp³-hybridized carbons (Fsp3) is 0.160. The molecule has 7 aromatic rings. The first-order valence-electron chi connectivity index (χ1n) is 20.0. The third-order valence-electron chi connectivity index (χ3n) is 13.5. The zero-order valence-corrected chi connectivity index (χ0v) is 30.3. The van der Waals surface area contributed by atoms with Gasteiger partial charge in [0.05, 0.1) is 5.69 Å². The van der Waals surface area contributed by atoms with Gasteiger partial charge in [-0.1, -0.05) is 60.7 Å². The van der Waals surface area contributed by atoms with Crippen LogP contribution in [-0.4, -0.2) is 6.71 Å². The maximum Gasteiger partial charge on any atom is 0.252 e. The molecule has 2 heterocycles. The van der Waals surface area contributed by atoms with Crippen molar-refractivity contribution in [2.75, 3.05) is 14.7 Å². The van der Waals surface area contributed by atoms with Crippen molar-refractivity contribution in [1.29, 1.82) is 0 Å². The SMILES string of the molecule is c1ccc(N(c2ccccc2)c2cc3c4c(c2)N(c2ccc5c(c2)CC5)c2cc5c(cc2B4c2cc4c(cc2N3c2ccc3c(c2)CC3)CC4)CC5)cc1. The molecule has 6 aliphatic rings. The minimum Gasteiger partial charge on any atom is -0.311 e. The summed E-state index contributed by atoms with van der Waals surface area (Å²) in [6.07, 6.45) is 9.37. The fourth-order valence-electron chi connectivity index (χ4n) is 10.3. The van der Waals surface area contributed by atoms with E-state index >= 15 is 0 Å². The van der Waals surface area contributed by atoms with Crippen molar-refractivity contribution < 1.29 is 0 Å². The largest absolute Gasteiger partial charge is 0.311 e. The minimum absolute atomic E-state index is 0.151. The van der Waals surface area contributed by atoms with E-state index in [2.05, 4.69) is 148 Å². The van der Waals surface area contributed by atoms with E-state index in [4.69, 9.17) is 0 Å². The molecule has 0 radical (unpaired) electrons. The summed E-state index contributed by atoms with van der Waals surface area (Å²) in [7, 11) is 0. The quantitative estimate of drug-likeness (QED) is 0.167. The molecule has 2 aliphatic heterocycles. The van der Waals surface area contributed by atoms with Gasteiger partial charge in [-0.25, -0.2) is 0 Å². The number of anilines is 9. The molecule has 0 amide bonds. The van der Waals surface area contributed by atoms with Crippen LogP contribution in [0.15, 0.2) is 133 Å². The van der Waals surface area contributed by atoms with Gasteiger partial charge >= 0.3 is 0 Å². The number of hydrogen-bond acceptors (Lipinski definition) is 3. The second-order valence-corrected chi connectivity index (χ2v) is 16.3. The van der Waals surface area contributed by atoms with Crippen LogP contribution < -0.4 is 31.1 Å². The topological polar surface area (TPSA) is 9.72 Å². The van der Waals surface area contributed by atoms with Crippen molar-refractivity contribution in [3.05, 3.63) is 178 Å². The van der Waals surface area contributed by atoms with Crippen LogP contribution in [0.3, 0.4) is 0 Å². The lowest BCUT2D eigenvalue weighted by molar-refractivity contribution is 0.836. The van der Waals surface area contributed by atoms with E-state index in [0.29, 0.717) is 0 Å². The Kier molecular flexibility index (Phi) is 5.89. The van der Waals surface area contributed by atoms with Crippen LogP contribution in [-0.2, 0) is 51.4 Å². The normalized spacial score (nSPS) is 15.8. The number of benzene rings is 7. The summed E-state index contributed by atoms with van der Waals surface area (Å²) in [5.41, 5.74) is 27.7. The molecule has 256 valence electrons. The third kappa shape index (κ3) is 4.03. The van der Waals surface area contributed by atoms with Gasteiger partial charge in [-0.3, -0.25) is 0 Å². The van der Waals surface area contributed by atoms with Crippen molar-refractivity contribution in [3.63, 3.8) is 0 Å². The molecule has 0 saturated carbocycles. The molecule has 0 saturated heterocycles. The van der Waals surface area contributed by atoms with Gasteiger partial charge in [0.15, 0.2) is 0 Å². The molecule has 3 nitrogen and oxygen atoms in total. The van der Waals surface area contributed by atoms with Crippen LogP contribution in [0.2, 0.25) is 0 Å². The Morgan fingerprint density at radius 2 is 0.759 bits per heavy atom. The van der Waals surface area contributed by atoms with Gasteiger partial charge in [-0.05, 0) is 185 Å². The molecule has 0 bridgehead atoms. The molecule has 0 aromatic heterocycles. The summed E-state index contributed by atoms with van der Waals surface area (Å²) in [6, 6.07) is 51.7. The maximum absolute atomic E-state index is 2.64. The van der Waals surface area contributed by atoms with Gasteiger partial charge in [0, 0.05) is 45.5 Å². The van der Waals surface area contributed by atoms with E-state index in [-0.39, 0.29) is 6.71 Å². The molecule has 0 spiro atoms. The molecule has 4 heteroatoms. The van der Waals surface area contributed by atoms with Crippen molar-refractivity contribution >= 4 is 74.3 Å². The summed E-state index contributed by atoms with van der Waals surface area (Å²) >= 11 is 0. The highest BCUT2D eigenvalue weighted by Crippen LogP contribution is 2.50. The van der Waals surface area contributed by atoms with Crippen LogP contribution in [0.1, 0.15) is 44.5 Å². The molecule has 54 heavy (non-hydrogen) atoms. The Balaban J connectivity index is 1.16. The molecule has 7 aromatic carbocycles. The van der Waals surface area contributed by atoms with Gasteiger partial charge < -0.3 is 14.7 Å². The van der Waals surface area contributed by atoms with E-state index in [1.165, 1.54) is 126 Å². The van der Waals surface area contributed by atoms with Crippen LogP contribution >= 0.6 is 0 Å². The molecular formula is C50H38BN3. The smallest absolute Gasteiger partial charge is 0.252 e. The second-order valence-electron chi connectivity index (χ2n) is 16.3. The summed E-state index contributed by atoms with van der Waals surface area (Å²) in [6.45, 7) is 0.151. The Hall–Kier alpha value is -6.00. The van der Waals surface area contributed by atoms with Gasteiger partial charge in [-0.15, -0.1) is 0 Å². The first-order valence-corrected chi connectivity index (χ1v) is 20.0. The number of fused-ring (bicyclic) bond motifs is 8. The fourth-order valence-corrected chi connectivity index (χ4v) is 10.3. The lowest BCUT2D eigenvalue weighted by Crippen LogP contribution is -2.62. The van der Waals surface area contributed by atoms with Crippen molar-refractivity contribution in [2.24, 2.45) is 0 Å². The first-order chi connectivity index (χ1) is 26.7. The Bertz CT molecular complexity index is 2570. The molecule has 4 aliphatic carbocycles. The predicted octanol–water partition coefficient (Wildman–Crippen LogP) is 9.63. The second kappa shape index (κ2) is 10.8. The lowest BCUT2D eigenvalue weighted by Gasteiger charge is -2.46. The van der Waals surface area contributed by atoms with Crippen molar-refractivity contribution in [3.8, 4) is 0 Å². The Morgan fingerprint density at radius 3 is 1.17 bits per heavy atom. The highest BCUT2D eigenvalue weighted by Gasteiger charge is 2.45. The number of hydrogen-bond donors (Lipinski definition) is 0. The zero-order valence-electron chi connectivity index (χ0n) is 30.3. The Labute approximate surface area is 317 Å². The standard InChI is InChI=1S/C50H38BN3/c1-3-7-39(8-4-1)52(40-9-5-2-6-10-40)43-29-48-50-49(30-43)54(42-22-20-32-12-14-34(32)24-42)47-28-38-18-16-36(38)26-45(47)51(50)44-25-35-15-17-37(35)27-46(44)53(48)41-21-19-31-11-13-33(31)23-41/h1-10,19-30H,11-18H2. The van der Waals surface area contributed by atoms with Crippen LogP contribution in [0.25, 0.3) is 0 Å². The van der Waals surface area contributed by atoms with E-state index in [1.807, 2.05) is 0 Å². The van der Waals surface area contributed by atoms with Crippen molar-refractivity contribution in [1.82, 2.24) is 0 Å². The average molecular weight is 692 g/mol. The van der Waals surface area contributed by atoms with Gasteiger partial charge in [0.25, 0.3) is 6.71 Å². The number of aryl methyl sites for hydroxylation is 8. The van der Waals surface area contributed by atoms with Crippen LogP contribution in [0.4, 0.5) is 51.2 Å². The predicted molar refractivity (Wildman–Crippen MR) is 225 cm³/mol. The third-order valence-corrected chi connectivity index (χ3v) is 13.5. The summed E-state index contributed by atoms with van der Waals surface area (Å²) in [4.78, 5) is 7.74. The molecular weight excluding hydrogens is 653 g/mol. The molecule has 0 unspecified atom stereocenters. The van der Waals surface area contributed by atoms with E-state index < -0.39 is 0 Å². The van der Waals surface area contributed by atoms with Gasteiger partial charge in [0.2, 0.25) is 0 Å². The maximum atomic E-state index is 2.64. The average Bonchev–Trinajstić information content (AvgIpc) is 3.15. The van der Waals surface area contributed by atoms with Gasteiger partial charge in [0.1, 0.15) is 0 Å². The highest BCUT2D eigenvalue weighted by molar-refractivity contribution is 7.00. The van der Waals surface area contributed by atoms with Gasteiger partial charge in [-0.2, -0.15) is 0 Å². The van der Waals surface area contributed by atoms with E-state index in [9.17, 15) is 0 Å². The Morgan fingerprint density at radius 1 is 0.352 bits per heavy atom. The monoisotopic (exact) mass is 691 g/mol. The molecule has 0 atom stereocenters. The number of nitrogens with zero attached hydrogens (tertiary/aromatic N) is 3.